The number of nitrogens with zero attached hydrogens (tertiary/aromatic N) is 1. The lowest BCUT2D eigenvalue weighted by atomic mass is 9.88. The maximum Gasteiger partial charge on any atom is 0.325 e. The highest BCUT2D eigenvalue weighted by atomic mass is 16.5. The van der Waals surface area contributed by atoms with Gasteiger partial charge in [0.2, 0.25) is 5.91 Å². The Hall–Kier alpha value is -4.07. The summed E-state index contributed by atoms with van der Waals surface area (Å²) in [6.45, 7) is 1.24. The van der Waals surface area contributed by atoms with Crippen molar-refractivity contribution >= 4 is 34.3 Å². The van der Waals surface area contributed by atoms with Gasteiger partial charge in [-0.2, -0.15) is 0 Å². The van der Waals surface area contributed by atoms with E-state index >= 15 is 0 Å². The summed E-state index contributed by atoms with van der Waals surface area (Å²) in [4.78, 5) is 39.5. The average molecular weight is 433 g/mol. The minimum Gasteiger partial charge on any atom is -0.493 e. The van der Waals surface area contributed by atoms with Gasteiger partial charge in [0.05, 0.1) is 14.2 Å². The molecule has 1 aliphatic rings. The first-order chi connectivity index (χ1) is 15.4. The molecule has 0 bridgehead atoms. The van der Waals surface area contributed by atoms with Crippen LogP contribution in [0.3, 0.4) is 0 Å². The van der Waals surface area contributed by atoms with Gasteiger partial charge in [-0.25, -0.2) is 4.79 Å². The summed E-state index contributed by atoms with van der Waals surface area (Å²) in [5.41, 5.74) is -0.144. The van der Waals surface area contributed by atoms with Gasteiger partial charge in [-0.1, -0.05) is 42.5 Å². The molecule has 32 heavy (non-hydrogen) atoms. The largest absolute Gasteiger partial charge is 0.493 e. The molecule has 4 rings (SSSR count). The van der Waals surface area contributed by atoms with Gasteiger partial charge in [0.1, 0.15) is 12.1 Å². The van der Waals surface area contributed by atoms with E-state index in [0.717, 1.165) is 15.7 Å². The third kappa shape index (κ3) is 3.60. The van der Waals surface area contributed by atoms with Crippen LogP contribution < -0.4 is 20.1 Å². The molecular formula is C24H23N3O5. The van der Waals surface area contributed by atoms with Crippen LogP contribution in [0.5, 0.6) is 11.5 Å². The number of hydrogen-bond donors (Lipinski definition) is 2. The third-order valence-corrected chi connectivity index (χ3v) is 5.57. The summed E-state index contributed by atoms with van der Waals surface area (Å²) < 4.78 is 10.4. The van der Waals surface area contributed by atoms with Crippen LogP contribution in [0.2, 0.25) is 0 Å². The van der Waals surface area contributed by atoms with E-state index in [1.54, 1.807) is 25.1 Å². The Morgan fingerprint density at radius 3 is 2.47 bits per heavy atom. The summed E-state index contributed by atoms with van der Waals surface area (Å²) in [6, 6.07) is 17.5. The number of hydrogen-bond acceptors (Lipinski definition) is 5. The molecule has 1 atom stereocenters. The summed E-state index contributed by atoms with van der Waals surface area (Å²) in [5.74, 6) is -0.0292. The van der Waals surface area contributed by atoms with Crippen LogP contribution in [0.25, 0.3) is 10.8 Å². The van der Waals surface area contributed by atoms with Crippen LogP contribution in [0.15, 0.2) is 60.7 Å². The Bertz CT molecular complexity index is 1220. The van der Waals surface area contributed by atoms with Crippen molar-refractivity contribution in [3.8, 4) is 11.5 Å². The van der Waals surface area contributed by atoms with Crippen LogP contribution in [0.4, 0.5) is 10.5 Å². The summed E-state index contributed by atoms with van der Waals surface area (Å²) in [5, 5.41) is 7.27. The van der Waals surface area contributed by atoms with Crippen molar-refractivity contribution < 1.29 is 23.9 Å². The van der Waals surface area contributed by atoms with Gasteiger partial charge in [-0.05, 0) is 35.4 Å². The van der Waals surface area contributed by atoms with Gasteiger partial charge in [-0.15, -0.1) is 0 Å². The Labute approximate surface area is 185 Å². The number of carbonyl (C=O) groups excluding carboxylic acids is 3. The number of methoxy groups -OCH3 is 2. The van der Waals surface area contributed by atoms with E-state index in [1.165, 1.54) is 14.2 Å². The predicted octanol–water partition coefficient (Wildman–Crippen LogP) is 3.26. The van der Waals surface area contributed by atoms with Crippen molar-refractivity contribution in [2.24, 2.45) is 0 Å². The van der Waals surface area contributed by atoms with Crippen molar-refractivity contribution in [2.45, 2.75) is 12.5 Å². The van der Waals surface area contributed by atoms with E-state index in [0.29, 0.717) is 22.7 Å². The first-order valence-corrected chi connectivity index (χ1v) is 10.0. The zero-order chi connectivity index (χ0) is 22.9. The molecule has 3 aromatic carbocycles. The van der Waals surface area contributed by atoms with Gasteiger partial charge in [0.15, 0.2) is 11.5 Å². The zero-order valence-corrected chi connectivity index (χ0v) is 18.0. The second-order valence-corrected chi connectivity index (χ2v) is 7.59. The smallest absolute Gasteiger partial charge is 0.325 e. The van der Waals surface area contributed by atoms with Gasteiger partial charge < -0.3 is 20.1 Å². The lowest BCUT2D eigenvalue weighted by Gasteiger charge is -2.24. The first kappa shape index (κ1) is 21.2. The van der Waals surface area contributed by atoms with Gasteiger partial charge in [-0.3, -0.25) is 14.5 Å². The van der Waals surface area contributed by atoms with E-state index in [2.05, 4.69) is 10.6 Å². The molecule has 8 heteroatoms. The Morgan fingerprint density at radius 1 is 1.00 bits per heavy atom. The number of imide groups is 1. The fourth-order valence-electron chi connectivity index (χ4n) is 3.94. The van der Waals surface area contributed by atoms with Crippen molar-refractivity contribution in [3.05, 3.63) is 66.2 Å². The van der Waals surface area contributed by atoms with E-state index in [4.69, 9.17) is 9.47 Å². The van der Waals surface area contributed by atoms with Crippen LogP contribution in [0.1, 0.15) is 12.5 Å². The molecule has 1 aliphatic heterocycles. The minimum absolute atomic E-state index is 0.417. The average Bonchev–Trinajstić information content (AvgIpc) is 3.02. The molecule has 0 spiro atoms. The van der Waals surface area contributed by atoms with Crippen molar-refractivity contribution in [1.29, 1.82) is 0 Å². The first-order valence-electron chi connectivity index (χ1n) is 10.0. The van der Waals surface area contributed by atoms with E-state index in [-0.39, 0.29) is 0 Å². The lowest BCUT2D eigenvalue weighted by molar-refractivity contribution is -0.133. The number of anilines is 1. The number of ether oxygens (including phenoxy) is 2. The van der Waals surface area contributed by atoms with Gasteiger partial charge >= 0.3 is 6.03 Å². The SMILES string of the molecule is COc1ccc(NC(=O)CN2C(=O)NC(C)(c3cccc4ccccc34)C2=O)cc1OC. The second kappa shape index (κ2) is 8.22. The molecule has 1 saturated heterocycles. The number of fused-ring (bicyclic) bond motifs is 1. The molecule has 164 valence electrons. The monoisotopic (exact) mass is 433 g/mol. The van der Waals surface area contributed by atoms with Crippen molar-refractivity contribution in [1.82, 2.24) is 10.2 Å². The molecular weight excluding hydrogens is 410 g/mol. The highest BCUT2D eigenvalue weighted by molar-refractivity contribution is 6.11. The van der Waals surface area contributed by atoms with Crippen LogP contribution in [0, 0.1) is 0 Å². The molecule has 3 aromatic rings. The zero-order valence-electron chi connectivity index (χ0n) is 18.0. The Kier molecular flexibility index (Phi) is 5.44. The fourth-order valence-corrected chi connectivity index (χ4v) is 3.94. The Morgan fingerprint density at radius 2 is 1.72 bits per heavy atom. The van der Waals surface area contributed by atoms with E-state index in [9.17, 15) is 14.4 Å². The molecule has 2 N–H and O–H groups in total. The summed E-state index contributed by atoms with van der Waals surface area (Å²) in [7, 11) is 3.01. The van der Waals surface area contributed by atoms with Crippen LogP contribution in [-0.4, -0.2) is 43.5 Å². The van der Waals surface area contributed by atoms with Gasteiger partial charge in [0.25, 0.3) is 5.91 Å². The summed E-state index contributed by atoms with van der Waals surface area (Å²) >= 11 is 0. The number of amides is 4. The normalized spacial score (nSPS) is 17.9. The number of rotatable bonds is 6. The number of urea groups is 1. The lowest BCUT2D eigenvalue weighted by Crippen LogP contribution is -2.42. The topological polar surface area (TPSA) is 97.0 Å². The van der Waals surface area contributed by atoms with Crippen LogP contribution >= 0.6 is 0 Å². The van der Waals surface area contributed by atoms with Crippen molar-refractivity contribution in [2.75, 3.05) is 26.1 Å². The highest BCUT2D eigenvalue weighted by Crippen LogP contribution is 2.34. The summed E-state index contributed by atoms with van der Waals surface area (Å²) in [6.07, 6.45) is 0. The maximum absolute atomic E-state index is 13.3. The number of carbonyl (C=O) groups is 3. The van der Waals surface area contributed by atoms with E-state index in [1.807, 2.05) is 42.5 Å². The molecule has 0 aromatic heterocycles. The number of nitrogens with one attached hydrogen (secondary N) is 2. The molecule has 0 saturated carbocycles. The highest BCUT2D eigenvalue weighted by Gasteiger charge is 2.50. The molecule has 0 aliphatic carbocycles. The van der Waals surface area contributed by atoms with E-state index < -0.39 is 29.9 Å². The minimum atomic E-state index is -1.28. The Balaban J connectivity index is 1.55. The second-order valence-electron chi connectivity index (χ2n) is 7.59. The fraction of sp³-hybridized carbons (Fsp3) is 0.208. The molecule has 8 nitrogen and oxygen atoms in total. The molecule has 1 heterocycles. The number of benzene rings is 3. The molecule has 4 amide bonds. The molecule has 0 radical (unpaired) electrons. The van der Waals surface area contributed by atoms with Crippen molar-refractivity contribution in [3.63, 3.8) is 0 Å². The molecule has 1 fully saturated rings. The van der Waals surface area contributed by atoms with Crippen LogP contribution in [-0.2, 0) is 15.1 Å². The predicted molar refractivity (Wildman–Crippen MR) is 120 cm³/mol. The standard InChI is InChI=1S/C24H23N3O5/c1-24(18-10-6-8-15-7-4-5-9-17(15)18)22(29)27(23(30)26-24)14-21(28)25-16-11-12-19(31-2)20(13-16)32-3/h4-13H,14H2,1-3H3,(H,25,28)(H,26,30). The van der Waals surface area contributed by atoms with Gasteiger partial charge in [0, 0.05) is 11.8 Å². The molecule has 1 unspecified atom stereocenters. The maximum atomic E-state index is 13.3. The quantitative estimate of drug-likeness (QED) is 0.582. The third-order valence-electron chi connectivity index (χ3n) is 5.57.